The lowest BCUT2D eigenvalue weighted by Gasteiger charge is -2.17. The van der Waals surface area contributed by atoms with Crippen LogP contribution in [0.25, 0.3) is 0 Å². The highest BCUT2D eigenvalue weighted by atomic mass is 16.5. The number of rotatable bonds is 5. The van der Waals surface area contributed by atoms with Gasteiger partial charge in [-0.15, -0.1) is 0 Å². The maximum Gasteiger partial charge on any atom is 0.242 e. The van der Waals surface area contributed by atoms with Crippen LogP contribution in [-0.2, 0) is 0 Å². The Bertz CT molecular complexity index is 341. The molecule has 0 aliphatic heterocycles. The van der Waals surface area contributed by atoms with Gasteiger partial charge in [-0.2, -0.15) is 4.98 Å². The second-order valence-corrected chi connectivity index (χ2v) is 4.32. The highest BCUT2D eigenvalue weighted by Crippen LogP contribution is 2.25. The number of hydrogen-bond acceptors (Lipinski definition) is 5. The van der Waals surface area contributed by atoms with Gasteiger partial charge in [-0.25, -0.2) is 4.98 Å². The predicted octanol–water partition coefficient (Wildman–Crippen LogP) is 1.91. The van der Waals surface area contributed by atoms with Crippen molar-refractivity contribution in [2.24, 2.45) is 5.92 Å². The van der Waals surface area contributed by atoms with Crippen molar-refractivity contribution in [3.05, 3.63) is 6.33 Å². The van der Waals surface area contributed by atoms with Crippen LogP contribution >= 0.6 is 0 Å². The number of ether oxygens (including phenoxy) is 1. The third-order valence-electron chi connectivity index (χ3n) is 2.25. The number of nitrogens with two attached hydrogens (primary N) is 1. The molecule has 0 radical (unpaired) electrons. The second-order valence-electron chi connectivity index (χ2n) is 4.32. The maximum absolute atomic E-state index is 5.86. The Kier molecular flexibility index (Phi) is 4.34. The first kappa shape index (κ1) is 12.5. The number of nitrogens with zero attached hydrogens (tertiary/aromatic N) is 2. The fraction of sp³-hybridized carbons (Fsp3) is 0.636. The number of anilines is 2. The van der Waals surface area contributed by atoms with Crippen LogP contribution in [0.2, 0.25) is 0 Å². The lowest BCUT2D eigenvalue weighted by atomic mass is 10.1. The van der Waals surface area contributed by atoms with Crippen LogP contribution in [0.5, 0.6) is 5.88 Å². The first-order valence-electron chi connectivity index (χ1n) is 5.45. The van der Waals surface area contributed by atoms with E-state index in [4.69, 9.17) is 10.5 Å². The SMILES string of the molecule is COc1ncnc(NC(C)CC(C)C)c1N. The summed E-state index contributed by atoms with van der Waals surface area (Å²) >= 11 is 0. The Labute approximate surface area is 96.4 Å². The normalized spacial score (nSPS) is 12.6. The molecule has 0 aliphatic rings. The molecule has 0 aromatic carbocycles. The maximum atomic E-state index is 5.86. The average Bonchev–Trinajstić information content (AvgIpc) is 2.20. The molecule has 1 heterocycles. The fourth-order valence-corrected chi connectivity index (χ4v) is 1.66. The summed E-state index contributed by atoms with van der Waals surface area (Å²) in [5.74, 6) is 1.68. The van der Waals surface area contributed by atoms with Gasteiger partial charge >= 0.3 is 0 Å². The van der Waals surface area contributed by atoms with Gasteiger partial charge in [0.05, 0.1) is 7.11 Å². The quantitative estimate of drug-likeness (QED) is 0.799. The fourth-order valence-electron chi connectivity index (χ4n) is 1.66. The molecule has 0 saturated heterocycles. The van der Waals surface area contributed by atoms with Gasteiger partial charge in [-0.1, -0.05) is 13.8 Å². The molecule has 0 fully saturated rings. The van der Waals surface area contributed by atoms with Crippen LogP contribution in [0.4, 0.5) is 11.5 Å². The van der Waals surface area contributed by atoms with E-state index in [0.717, 1.165) is 6.42 Å². The van der Waals surface area contributed by atoms with E-state index in [0.29, 0.717) is 29.3 Å². The van der Waals surface area contributed by atoms with E-state index < -0.39 is 0 Å². The van der Waals surface area contributed by atoms with Crippen molar-refractivity contribution in [2.75, 3.05) is 18.2 Å². The predicted molar refractivity (Wildman–Crippen MR) is 65.5 cm³/mol. The molecule has 1 aromatic heterocycles. The summed E-state index contributed by atoms with van der Waals surface area (Å²) in [5.41, 5.74) is 6.32. The summed E-state index contributed by atoms with van der Waals surface area (Å²) in [5, 5.41) is 3.26. The molecule has 5 heteroatoms. The summed E-state index contributed by atoms with van der Waals surface area (Å²) < 4.78 is 5.03. The second kappa shape index (κ2) is 5.53. The Morgan fingerprint density at radius 3 is 2.62 bits per heavy atom. The standard InChI is InChI=1S/C11H20N4O/c1-7(2)5-8(3)15-10-9(12)11(16-4)14-6-13-10/h6-8H,5,12H2,1-4H3,(H,13,14,15). The zero-order valence-electron chi connectivity index (χ0n) is 10.3. The minimum absolute atomic E-state index is 0.321. The van der Waals surface area contributed by atoms with Gasteiger partial charge in [-0.05, 0) is 19.3 Å². The zero-order valence-corrected chi connectivity index (χ0v) is 10.3. The molecule has 5 nitrogen and oxygen atoms in total. The Balaban J connectivity index is 2.73. The van der Waals surface area contributed by atoms with E-state index in [1.165, 1.54) is 6.33 Å². The molecule has 1 atom stereocenters. The van der Waals surface area contributed by atoms with Crippen molar-refractivity contribution in [1.82, 2.24) is 9.97 Å². The van der Waals surface area contributed by atoms with Gasteiger partial charge in [0, 0.05) is 6.04 Å². The van der Waals surface area contributed by atoms with Crippen LogP contribution in [-0.4, -0.2) is 23.1 Å². The molecule has 1 aromatic rings. The van der Waals surface area contributed by atoms with Gasteiger partial charge in [0.25, 0.3) is 0 Å². The smallest absolute Gasteiger partial charge is 0.242 e. The van der Waals surface area contributed by atoms with E-state index in [1.54, 1.807) is 7.11 Å². The molecular formula is C11H20N4O. The van der Waals surface area contributed by atoms with Crippen LogP contribution in [0.1, 0.15) is 27.2 Å². The molecule has 0 amide bonds. The van der Waals surface area contributed by atoms with Gasteiger partial charge < -0.3 is 15.8 Å². The Hall–Kier alpha value is -1.52. The van der Waals surface area contributed by atoms with Crippen LogP contribution < -0.4 is 15.8 Å². The Morgan fingerprint density at radius 2 is 2.06 bits per heavy atom. The average molecular weight is 224 g/mol. The van der Waals surface area contributed by atoms with Crippen molar-refractivity contribution in [3.8, 4) is 5.88 Å². The summed E-state index contributed by atoms with van der Waals surface area (Å²) in [7, 11) is 1.54. The third kappa shape index (κ3) is 3.25. The van der Waals surface area contributed by atoms with Crippen molar-refractivity contribution >= 4 is 11.5 Å². The number of aromatic nitrogens is 2. The summed E-state index contributed by atoms with van der Waals surface area (Å²) in [6, 6.07) is 0.321. The monoisotopic (exact) mass is 224 g/mol. The topological polar surface area (TPSA) is 73.1 Å². The van der Waals surface area contributed by atoms with Crippen molar-refractivity contribution in [1.29, 1.82) is 0 Å². The number of nitrogens with one attached hydrogen (secondary N) is 1. The first-order valence-corrected chi connectivity index (χ1v) is 5.45. The summed E-state index contributed by atoms with van der Waals surface area (Å²) in [6.45, 7) is 6.47. The minimum Gasteiger partial charge on any atom is -0.479 e. The summed E-state index contributed by atoms with van der Waals surface area (Å²) in [4.78, 5) is 8.03. The minimum atomic E-state index is 0.321. The van der Waals surface area contributed by atoms with Gasteiger partial charge in [0.1, 0.15) is 12.0 Å². The largest absolute Gasteiger partial charge is 0.479 e. The number of nitrogen functional groups attached to an aromatic ring is 1. The van der Waals surface area contributed by atoms with Crippen molar-refractivity contribution in [2.45, 2.75) is 33.2 Å². The van der Waals surface area contributed by atoms with Crippen LogP contribution in [0.15, 0.2) is 6.33 Å². The lowest BCUT2D eigenvalue weighted by molar-refractivity contribution is 0.399. The molecule has 0 spiro atoms. The molecule has 0 aliphatic carbocycles. The van der Waals surface area contributed by atoms with Crippen LogP contribution in [0, 0.1) is 5.92 Å². The van der Waals surface area contributed by atoms with E-state index in [2.05, 4.69) is 36.1 Å². The van der Waals surface area contributed by atoms with E-state index in [-0.39, 0.29) is 0 Å². The molecule has 1 unspecified atom stereocenters. The van der Waals surface area contributed by atoms with Crippen LogP contribution in [0.3, 0.4) is 0 Å². The molecule has 1 rings (SSSR count). The van der Waals surface area contributed by atoms with Gasteiger partial charge in [0.2, 0.25) is 5.88 Å². The summed E-state index contributed by atoms with van der Waals surface area (Å²) in [6.07, 6.45) is 2.51. The molecule has 0 saturated carbocycles. The molecule has 16 heavy (non-hydrogen) atoms. The molecule has 90 valence electrons. The molecular weight excluding hydrogens is 204 g/mol. The number of hydrogen-bond donors (Lipinski definition) is 2. The van der Waals surface area contributed by atoms with Gasteiger partial charge in [0.15, 0.2) is 5.82 Å². The zero-order chi connectivity index (χ0) is 12.1. The van der Waals surface area contributed by atoms with E-state index >= 15 is 0 Å². The van der Waals surface area contributed by atoms with Gasteiger partial charge in [-0.3, -0.25) is 0 Å². The van der Waals surface area contributed by atoms with Crippen molar-refractivity contribution < 1.29 is 4.74 Å². The van der Waals surface area contributed by atoms with E-state index in [1.807, 2.05) is 0 Å². The Morgan fingerprint density at radius 1 is 1.38 bits per heavy atom. The van der Waals surface area contributed by atoms with Crippen molar-refractivity contribution in [3.63, 3.8) is 0 Å². The number of methoxy groups -OCH3 is 1. The molecule has 0 bridgehead atoms. The molecule has 3 N–H and O–H groups in total. The lowest BCUT2D eigenvalue weighted by Crippen LogP contribution is -2.19. The highest BCUT2D eigenvalue weighted by molar-refractivity contribution is 5.66. The highest BCUT2D eigenvalue weighted by Gasteiger charge is 2.11. The van der Waals surface area contributed by atoms with E-state index in [9.17, 15) is 0 Å². The first-order chi connectivity index (χ1) is 7.54. The third-order valence-corrected chi connectivity index (χ3v) is 2.25.